The van der Waals surface area contributed by atoms with Gasteiger partial charge in [-0.05, 0) is 24.7 Å². The number of alkyl halides is 2. The van der Waals surface area contributed by atoms with Gasteiger partial charge in [0.05, 0.1) is 0 Å². The van der Waals surface area contributed by atoms with Crippen molar-refractivity contribution in [3.8, 4) is 11.8 Å². The van der Waals surface area contributed by atoms with Gasteiger partial charge in [-0.15, -0.1) is 0 Å². The van der Waals surface area contributed by atoms with Gasteiger partial charge in [0.1, 0.15) is 7.85 Å². The molecule has 1 atom stereocenters. The molecule has 78 valence electrons. The molecule has 0 aromatic carbocycles. The van der Waals surface area contributed by atoms with Gasteiger partial charge in [-0.25, -0.2) is 0 Å². The van der Waals surface area contributed by atoms with Gasteiger partial charge in [-0.2, -0.15) is 8.78 Å². The van der Waals surface area contributed by atoms with Gasteiger partial charge in [0, 0.05) is 12.8 Å². The van der Waals surface area contributed by atoms with Crippen molar-refractivity contribution in [2.24, 2.45) is 5.92 Å². The Bertz CT molecular complexity index is 255. The largest absolute Gasteiger partial charge is 0.308 e. The highest BCUT2D eigenvalue weighted by molar-refractivity contribution is 6.14. The Hall–Kier alpha value is -0.515. The second-order valence-electron chi connectivity index (χ2n) is 5.15. The minimum Gasteiger partial charge on any atom is -0.192 e. The molecule has 0 bridgehead atoms. The van der Waals surface area contributed by atoms with Crippen molar-refractivity contribution >= 4 is 7.85 Å². The van der Waals surface area contributed by atoms with E-state index in [0.717, 1.165) is 6.42 Å². The van der Waals surface area contributed by atoms with E-state index in [0.29, 0.717) is 18.8 Å². The molecule has 1 rings (SSSR count). The molecule has 0 saturated carbocycles. The highest BCUT2D eigenvalue weighted by Crippen LogP contribution is 2.39. The van der Waals surface area contributed by atoms with Gasteiger partial charge >= 0.3 is 5.92 Å². The Morgan fingerprint density at radius 1 is 1.36 bits per heavy atom. The predicted molar refractivity (Wildman–Crippen MR) is 57.3 cm³/mol. The van der Waals surface area contributed by atoms with Crippen molar-refractivity contribution in [3.63, 3.8) is 0 Å². The molecule has 1 aliphatic carbocycles. The highest BCUT2D eigenvalue weighted by Gasteiger charge is 2.32. The first kappa shape index (κ1) is 11.6. The van der Waals surface area contributed by atoms with Crippen LogP contribution in [-0.4, -0.2) is 13.8 Å². The Morgan fingerprint density at radius 2 is 2.00 bits per heavy atom. The summed E-state index contributed by atoms with van der Waals surface area (Å²) in [5.74, 6) is 2.23. The monoisotopic (exact) mass is 198 g/mol. The number of rotatable bonds is 1. The fourth-order valence-corrected chi connectivity index (χ4v) is 1.87. The summed E-state index contributed by atoms with van der Waals surface area (Å²) in [6, 6.07) is 0. The minimum absolute atomic E-state index is 0.0814. The zero-order chi connectivity index (χ0) is 10.8. The SMILES string of the molecule is BC(C)(C)C1CCC#CC(F)(F)CC1. The third-order valence-electron chi connectivity index (χ3n) is 2.92. The second-order valence-corrected chi connectivity index (χ2v) is 5.15. The van der Waals surface area contributed by atoms with Crippen LogP contribution in [0, 0.1) is 17.8 Å². The molecule has 0 aromatic rings. The van der Waals surface area contributed by atoms with Crippen LogP contribution in [0.25, 0.3) is 0 Å². The van der Waals surface area contributed by atoms with Crippen LogP contribution < -0.4 is 0 Å². The van der Waals surface area contributed by atoms with Crippen molar-refractivity contribution < 1.29 is 8.78 Å². The maximum atomic E-state index is 13.0. The van der Waals surface area contributed by atoms with E-state index >= 15 is 0 Å². The molecule has 0 saturated heterocycles. The van der Waals surface area contributed by atoms with Gasteiger partial charge < -0.3 is 0 Å². The van der Waals surface area contributed by atoms with Crippen LogP contribution in [0.1, 0.15) is 39.5 Å². The maximum absolute atomic E-state index is 13.0. The molecule has 0 radical (unpaired) electrons. The molecular weight excluding hydrogens is 181 g/mol. The lowest BCUT2D eigenvalue weighted by atomic mass is 9.60. The van der Waals surface area contributed by atoms with Crippen molar-refractivity contribution in [1.29, 1.82) is 0 Å². The van der Waals surface area contributed by atoms with E-state index < -0.39 is 5.92 Å². The minimum atomic E-state index is -2.76. The van der Waals surface area contributed by atoms with Crippen molar-refractivity contribution in [1.82, 2.24) is 0 Å². The van der Waals surface area contributed by atoms with Crippen LogP contribution in [0.15, 0.2) is 0 Å². The van der Waals surface area contributed by atoms with Gasteiger partial charge in [-0.1, -0.05) is 25.1 Å². The Morgan fingerprint density at radius 3 is 2.57 bits per heavy atom. The van der Waals surface area contributed by atoms with Gasteiger partial charge in [0.15, 0.2) is 0 Å². The van der Waals surface area contributed by atoms with Crippen molar-refractivity contribution in [2.75, 3.05) is 0 Å². The molecule has 0 aliphatic heterocycles. The topological polar surface area (TPSA) is 0 Å². The van der Waals surface area contributed by atoms with E-state index in [9.17, 15) is 8.78 Å². The molecular formula is C11H17BF2. The number of hydrogen-bond acceptors (Lipinski definition) is 0. The summed E-state index contributed by atoms with van der Waals surface area (Å²) in [6.07, 6.45) is 2.07. The van der Waals surface area contributed by atoms with E-state index in [1.165, 1.54) is 0 Å². The van der Waals surface area contributed by atoms with Gasteiger partial charge in [0.2, 0.25) is 0 Å². The summed E-state index contributed by atoms with van der Waals surface area (Å²) in [7, 11) is 2.12. The molecule has 0 fully saturated rings. The lowest BCUT2D eigenvalue weighted by Crippen LogP contribution is -2.23. The van der Waals surface area contributed by atoms with Crippen LogP contribution in [0.4, 0.5) is 8.78 Å². The molecule has 0 nitrogen and oxygen atoms in total. The van der Waals surface area contributed by atoms with Crippen molar-refractivity contribution in [3.05, 3.63) is 0 Å². The summed E-state index contributed by atoms with van der Waals surface area (Å²) in [5, 5.41) is 0.120. The number of halogens is 2. The van der Waals surface area contributed by atoms with Crippen LogP contribution in [-0.2, 0) is 0 Å². The molecule has 0 aromatic heterocycles. The van der Waals surface area contributed by atoms with Gasteiger partial charge in [-0.3, -0.25) is 0 Å². The fraction of sp³-hybridized carbons (Fsp3) is 0.818. The van der Waals surface area contributed by atoms with E-state index in [4.69, 9.17) is 0 Å². The first-order chi connectivity index (χ1) is 6.31. The summed E-state index contributed by atoms with van der Waals surface area (Å²) in [4.78, 5) is 0. The summed E-state index contributed by atoms with van der Waals surface area (Å²) < 4.78 is 26.1. The molecule has 1 unspecified atom stereocenters. The first-order valence-electron chi connectivity index (χ1n) is 5.19. The first-order valence-corrected chi connectivity index (χ1v) is 5.19. The second kappa shape index (κ2) is 3.92. The van der Waals surface area contributed by atoms with Crippen LogP contribution in [0.3, 0.4) is 0 Å². The smallest absolute Gasteiger partial charge is 0.192 e. The highest BCUT2D eigenvalue weighted by atomic mass is 19.3. The normalized spacial score (nSPS) is 27.0. The predicted octanol–water partition coefficient (Wildman–Crippen LogP) is 2.65. The molecule has 0 amide bonds. The summed E-state index contributed by atoms with van der Waals surface area (Å²) in [6.45, 7) is 4.23. The average Bonchev–Trinajstić information content (AvgIpc) is 1.96. The van der Waals surface area contributed by atoms with Gasteiger partial charge in [0.25, 0.3) is 0 Å². The van der Waals surface area contributed by atoms with Crippen molar-refractivity contribution in [2.45, 2.75) is 50.8 Å². The Balaban J connectivity index is 2.69. The number of hydrogen-bond donors (Lipinski definition) is 0. The Labute approximate surface area is 85.9 Å². The average molecular weight is 198 g/mol. The molecule has 0 heterocycles. The molecule has 3 heteroatoms. The standard InChI is InChI=1S/C11H17BF2/c1-10(2,12)9-5-3-4-7-11(13,14)8-6-9/h9H,3,5-6,8,12H2,1-2H3. The summed E-state index contributed by atoms with van der Waals surface area (Å²) in [5.41, 5.74) is 0. The molecule has 0 spiro atoms. The maximum Gasteiger partial charge on any atom is 0.308 e. The zero-order valence-corrected chi connectivity index (χ0v) is 9.16. The quantitative estimate of drug-likeness (QED) is 0.448. The van der Waals surface area contributed by atoms with E-state index in [1.54, 1.807) is 0 Å². The zero-order valence-electron chi connectivity index (χ0n) is 9.16. The lowest BCUT2D eigenvalue weighted by molar-refractivity contribution is 0.0453. The fourth-order valence-electron chi connectivity index (χ4n) is 1.87. The van der Waals surface area contributed by atoms with E-state index in [1.807, 2.05) is 5.92 Å². The van der Waals surface area contributed by atoms with Crippen LogP contribution in [0.2, 0.25) is 5.31 Å². The molecule has 14 heavy (non-hydrogen) atoms. The molecule has 1 aliphatic rings. The third-order valence-corrected chi connectivity index (χ3v) is 2.92. The Kier molecular flexibility index (Phi) is 3.24. The van der Waals surface area contributed by atoms with E-state index in [2.05, 4.69) is 27.6 Å². The third kappa shape index (κ3) is 3.33. The van der Waals surface area contributed by atoms with Crippen LogP contribution >= 0.6 is 0 Å². The summed E-state index contributed by atoms with van der Waals surface area (Å²) >= 11 is 0. The van der Waals surface area contributed by atoms with E-state index in [-0.39, 0.29) is 11.7 Å². The molecule has 0 N–H and O–H groups in total. The van der Waals surface area contributed by atoms with Crippen LogP contribution in [0.5, 0.6) is 0 Å². The lowest BCUT2D eigenvalue weighted by Gasteiger charge is -2.31.